The van der Waals surface area contributed by atoms with Gasteiger partial charge in [-0.2, -0.15) is 0 Å². The molecule has 1 atom stereocenters. The number of nitrogens with two attached hydrogens (primary N) is 1. The number of sulfone groups is 1. The van der Waals surface area contributed by atoms with Gasteiger partial charge in [0.15, 0.2) is 15.7 Å². The number of aromatic nitrogens is 3. The number of benzene rings is 1. The number of nitrogens with zero attached hydrogens (tertiary/aromatic N) is 3. The van der Waals surface area contributed by atoms with Gasteiger partial charge in [0.25, 0.3) is 0 Å². The van der Waals surface area contributed by atoms with E-state index in [0.29, 0.717) is 17.4 Å². The Labute approximate surface area is 123 Å². The van der Waals surface area contributed by atoms with Crippen LogP contribution in [0.2, 0.25) is 0 Å². The third-order valence-electron chi connectivity index (χ3n) is 3.91. The maximum absolute atomic E-state index is 11.7. The fraction of sp³-hybridized carbons (Fsp3) is 0.429. The first-order valence-corrected chi connectivity index (χ1v) is 8.81. The minimum Gasteiger partial charge on any atom is -0.330 e. The predicted molar refractivity (Wildman–Crippen MR) is 79.4 cm³/mol. The molecule has 2 N–H and O–H groups in total. The second kappa shape index (κ2) is 5.23. The van der Waals surface area contributed by atoms with Crippen LogP contribution in [0.25, 0.3) is 11.4 Å². The molecule has 1 aromatic carbocycles. The molecule has 3 rings (SSSR count). The summed E-state index contributed by atoms with van der Waals surface area (Å²) >= 11 is 0. The van der Waals surface area contributed by atoms with Crippen LogP contribution in [0.3, 0.4) is 0 Å². The van der Waals surface area contributed by atoms with Gasteiger partial charge in [-0.3, -0.25) is 0 Å². The van der Waals surface area contributed by atoms with Crippen LogP contribution < -0.4 is 5.73 Å². The van der Waals surface area contributed by atoms with Crippen molar-refractivity contribution in [1.29, 1.82) is 0 Å². The van der Waals surface area contributed by atoms with Crippen molar-refractivity contribution in [1.82, 2.24) is 14.8 Å². The summed E-state index contributed by atoms with van der Waals surface area (Å²) < 4.78 is 25.4. The van der Waals surface area contributed by atoms with Crippen LogP contribution in [-0.2, 0) is 22.8 Å². The summed E-state index contributed by atoms with van der Waals surface area (Å²) in [4.78, 5) is 0.299. The molecule has 0 fully saturated rings. The zero-order chi connectivity index (χ0) is 15.0. The molecule has 1 aliphatic rings. The molecule has 1 aliphatic heterocycles. The highest BCUT2D eigenvalue weighted by Crippen LogP contribution is 2.26. The first-order chi connectivity index (χ1) is 9.99. The SMILES string of the molecule is CS(=O)(=O)c1cccc(-c2nnc3n2CCC(CN)C3)c1. The molecule has 2 aromatic rings. The van der Waals surface area contributed by atoms with Gasteiger partial charge >= 0.3 is 0 Å². The molecule has 21 heavy (non-hydrogen) atoms. The van der Waals surface area contributed by atoms with Crippen molar-refractivity contribution >= 4 is 9.84 Å². The molecule has 1 unspecified atom stereocenters. The second-order valence-corrected chi connectivity index (χ2v) is 7.50. The molecule has 1 aromatic heterocycles. The average molecular weight is 306 g/mol. The smallest absolute Gasteiger partial charge is 0.175 e. The van der Waals surface area contributed by atoms with Gasteiger partial charge in [0.05, 0.1) is 4.90 Å². The van der Waals surface area contributed by atoms with E-state index in [1.54, 1.807) is 18.2 Å². The molecule has 2 heterocycles. The highest BCUT2D eigenvalue weighted by Gasteiger charge is 2.23. The number of fused-ring (bicyclic) bond motifs is 1. The number of hydrogen-bond acceptors (Lipinski definition) is 5. The summed E-state index contributed by atoms with van der Waals surface area (Å²) in [5.74, 6) is 2.11. The van der Waals surface area contributed by atoms with Gasteiger partial charge in [-0.05, 0) is 31.0 Å². The molecule has 7 heteroatoms. The van der Waals surface area contributed by atoms with Crippen LogP contribution in [-0.4, -0.2) is 36.0 Å². The molecule has 0 amide bonds. The van der Waals surface area contributed by atoms with E-state index in [9.17, 15) is 8.42 Å². The molecule has 0 saturated heterocycles. The third-order valence-corrected chi connectivity index (χ3v) is 5.02. The fourth-order valence-corrected chi connectivity index (χ4v) is 3.34. The van der Waals surface area contributed by atoms with Crippen molar-refractivity contribution in [2.75, 3.05) is 12.8 Å². The molecular formula is C14H18N4O2S. The van der Waals surface area contributed by atoms with Crippen molar-refractivity contribution in [3.63, 3.8) is 0 Å². The molecular weight excluding hydrogens is 288 g/mol. The van der Waals surface area contributed by atoms with E-state index in [-0.39, 0.29) is 0 Å². The van der Waals surface area contributed by atoms with E-state index in [4.69, 9.17) is 5.73 Å². The summed E-state index contributed by atoms with van der Waals surface area (Å²) in [6.45, 7) is 1.48. The van der Waals surface area contributed by atoms with Gasteiger partial charge in [0, 0.05) is 24.8 Å². The van der Waals surface area contributed by atoms with Gasteiger partial charge < -0.3 is 10.3 Å². The minimum absolute atomic E-state index is 0.299. The molecule has 0 bridgehead atoms. The third kappa shape index (κ3) is 2.71. The summed E-state index contributed by atoms with van der Waals surface area (Å²) in [5, 5.41) is 8.47. The lowest BCUT2D eigenvalue weighted by molar-refractivity contribution is 0.391. The van der Waals surface area contributed by atoms with Crippen molar-refractivity contribution < 1.29 is 8.42 Å². The standard InChI is InChI=1S/C14H18N4O2S/c1-21(19,20)12-4-2-3-11(8-12)14-17-16-13-7-10(9-15)5-6-18(13)14/h2-4,8,10H,5-7,9,15H2,1H3. The Bertz CT molecular complexity index is 767. The quantitative estimate of drug-likeness (QED) is 0.908. The molecule has 112 valence electrons. The van der Waals surface area contributed by atoms with E-state index >= 15 is 0 Å². The summed E-state index contributed by atoms with van der Waals surface area (Å²) in [5.41, 5.74) is 6.50. The molecule has 0 radical (unpaired) electrons. The number of rotatable bonds is 3. The van der Waals surface area contributed by atoms with E-state index < -0.39 is 9.84 Å². The van der Waals surface area contributed by atoms with E-state index in [1.165, 1.54) is 6.26 Å². The van der Waals surface area contributed by atoms with Crippen molar-refractivity contribution in [3.05, 3.63) is 30.1 Å². The highest BCUT2D eigenvalue weighted by molar-refractivity contribution is 7.90. The van der Waals surface area contributed by atoms with Crippen LogP contribution >= 0.6 is 0 Å². The zero-order valence-electron chi connectivity index (χ0n) is 11.9. The van der Waals surface area contributed by atoms with Gasteiger partial charge in [-0.1, -0.05) is 12.1 Å². The van der Waals surface area contributed by atoms with Crippen LogP contribution in [0.1, 0.15) is 12.2 Å². The van der Waals surface area contributed by atoms with Crippen molar-refractivity contribution in [2.24, 2.45) is 11.7 Å². The van der Waals surface area contributed by atoms with E-state index in [2.05, 4.69) is 14.8 Å². The lowest BCUT2D eigenvalue weighted by Gasteiger charge is -2.22. The Morgan fingerprint density at radius 1 is 1.38 bits per heavy atom. The average Bonchev–Trinajstić information content (AvgIpc) is 2.89. The van der Waals surface area contributed by atoms with Crippen LogP contribution in [0.4, 0.5) is 0 Å². The Morgan fingerprint density at radius 3 is 2.90 bits per heavy atom. The maximum Gasteiger partial charge on any atom is 0.175 e. The Kier molecular flexibility index (Phi) is 3.54. The minimum atomic E-state index is -3.22. The molecule has 0 saturated carbocycles. The fourth-order valence-electron chi connectivity index (χ4n) is 2.67. The first kappa shape index (κ1) is 14.2. The normalized spacial score (nSPS) is 18.5. The zero-order valence-corrected chi connectivity index (χ0v) is 12.7. The monoisotopic (exact) mass is 306 g/mol. The topological polar surface area (TPSA) is 90.9 Å². The molecule has 0 spiro atoms. The second-order valence-electron chi connectivity index (χ2n) is 5.49. The lowest BCUT2D eigenvalue weighted by Crippen LogP contribution is -2.25. The van der Waals surface area contributed by atoms with E-state index in [0.717, 1.165) is 36.6 Å². The molecule has 6 nitrogen and oxygen atoms in total. The largest absolute Gasteiger partial charge is 0.330 e. The summed E-state index contributed by atoms with van der Waals surface area (Å²) in [6, 6.07) is 6.85. The predicted octanol–water partition coefficient (Wildman–Crippen LogP) is 0.870. The number of hydrogen-bond donors (Lipinski definition) is 1. The van der Waals surface area contributed by atoms with Gasteiger partial charge in [-0.25, -0.2) is 8.42 Å². The Hall–Kier alpha value is -1.73. The van der Waals surface area contributed by atoms with Crippen molar-refractivity contribution in [2.45, 2.75) is 24.3 Å². The Morgan fingerprint density at radius 2 is 2.19 bits per heavy atom. The van der Waals surface area contributed by atoms with Crippen LogP contribution in [0.5, 0.6) is 0 Å². The van der Waals surface area contributed by atoms with Gasteiger partial charge in [0.1, 0.15) is 5.82 Å². The summed E-state index contributed by atoms with van der Waals surface area (Å²) in [6.07, 6.45) is 3.03. The summed E-state index contributed by atoms with van der Waals surface area (Å²) in [7, 11) is -3.22. The molecule has 0 aliphatic carbocycles. The highest BCUT2D eigenvalue weighted by atomic mass is 32.2. The lowest BCUT2D eigenvalue weighted by atomic mass is 9.98. The van der Waals surface area contributed by atoms with E-state index in [1.807, 2.05) is 6.07 Å². The maximum atomic E-state index is 11.7. The van der Waals surface area contributed by atoms with Gasteiger partial charge in [-0.15, -0.1) is 10.2 Å². The van der Waals surface area contributed by atoms with Crippen molar-refractivity contribution in [3.8, 4) is 11.4 Å². The van der Waals surface area contributed by atoms with Crippen LogP contribution in [0, 0.1) is 5.92 Å². The Balaban J connectivity index is 2.01. The van der Waals surface area contributed by atoms with Gasteiger partial charge in [0.2, 0.25) is 0 Å². The van der Waals surface area contributed by atoms with Crippen LogP contribution in [0.15, 0.2) is 29.2 Å². The first-order valence-electron chi connectivity index (χ1n) is 6.91.